The van der Waals surface area contributed by atoms with Gasteiger partial charge in [-0.15, -0.1) is 0 Å². The van der Waals surface area contributed by atoms with E-state index in [4.69, 9.17) is 26.2 Å². The Kier molecular flexibility index (Phi) is 8.62. The minimum absolute atomic E-state index is 0.235. The fraction of sp³-hybridized carbons (Fsp3) is 0.240. The number of carboxylic acids is 1. The van der Waals surface area contributed by atoms with Gasteiger partial charge in [0.25, 0.3) is 0 Å². The summed E-state index contributed by atoms with van der Waals surface area (Å²) < 4.78 is 10.6. The van der Waals surface area contributed by atoms with E-state index in [0.717, 1.165) is 16.7 Å². The molecule has 0 bridgehead atoms. The third-order valence-corrected chi connectivity index (χ3v) is 5.26. The van der Waals surface area contributed by atoms with Gasteiger partial charge in [0.05, 0.1) is 25.4 Å². The molecule has 0 saturated carbocycles. The summed E-state index contributed by atoms with van der Waals surface area (Å²) in [5, 5.41) is 13.0. The molecule has 0 unspecified atom stereocenters. The maximum atomic E-state index is 10.5. The van der Waals surface area contributed by atoms with Crippen molar-refractivity contribution in [3.63, 3.8) is 0 Å². The summed E-state index contributed by atoms with van der Waals surface area (Å²) in [6, 6.07) is 28.2. The van der Waals surface area contributed by atoms with Gasteiger partial charge in [-0.3, -0.25) is 5.32 Å². The van der Waals surface area contributed by atoms with Gasteiger partial charge in [-0.1, -0.05) is 90.5 Å². The number of carboxylic acid groups (broad SMARTS) is 1. The fourth-order valence-corrected chi connectivity index (χ4v) is 3.89. The lowest BCUT2D eigenvalue weighted by Gasteiger charge is -2.37. The molecule has 3 aromatic carbocycles. The van der Waals surface area contributed by atoms with Crippen LogP contribution in [0.15, 0.2) is 84.9 Å². The van der Waals surface area contributed by atoms with Crippen LogP contribution in [0, 0.1) is 0 Å². The van der Waals surface area contributed by atoms with Crippen molar-refractivity contribution in [2.24, 2.45) is 0 Å². The van der Waals surface area contributed by atoms with Crippen LogP contribution >= 0.6 is 11.6 Å². The van der Waals surface area contributed by atoms with E-state index in [0.29, 0.717) is 24.8 Å². The first-order valence-corrected chi connectivity index (χ1v) is 10.5. The van der Waals surface area contributed by atoms with Crippen LogP contribution in [0.5, 0.6) is 0 Å². The predicted molar refractivity (Wildman–Crippen MR) is 121 cm³/mol. The van der Waals surface area contributed by atoms with Crippen LogP contribution in [0.4, 0.5) is 0 Å². The second-order valence-electron chi connectivity index (χ2n) is 6.95. The maximum Gasteiger partial charge on any atom is 0.329 e. The van der Waals surface area contributed by atoms with E-state index < -0.39 is 11.5 Å². The van der Waals surface area contributed by atoms with Crippen LogP contribution in [0.1, 0.15) is 16.7 Å². The van der Waals surface area contributed by atoms with Gasteiger partial charge in [-0.25, -0.2) is 4.79 Å². The first-order chi connectivity index (χ1) is 15.1. The Bertz CT molecular complexity index is 911. The summed E-state index contributed by atoms with van der Waals surface area (Å²) in [6.45, 7) is 1.22. The summed E-state index contributed by atoms with van der Waals surface area (Å²) in [4.78, 5) is 10.5. The van der Waals surface area contributed by atoms with Crippen LogP contribution in [0.25, 0.3) is 0 Å². The van der Waals surface area contributed by atoms with Gasteiger partial charge in [0.1, 0.15) is 6.61 Å². The largest absolute Gasteiger partial charge is 0.480 e. The number of hydrogen-bond donors (Lipinski definition) is 2. The Morgan fingerprint density at radius 1 is 0.806 bits per heavy atom. The van der Waals surface area contributed by atoms with E-state index in [2.05, 4.69) is 29.6 Å². The molecule has 31 heavy (non-hydrogen) atoms. The third-order valence-electron chi connectivity index (χ3n) is 4.93. The van der Waals surface area contributed by atoms with E-state index in [1.54, 1.807) is 0 Å². The van der Waals surface area contributed by atoms with Gasteiger partial charge in [0, 0.05) is 11.6 Å². The lowest BCUT2D eigenvalue weighted by molar-refractivity contribution is -0.142. The predicted octanol–water partition coefficient (Wildman–Crippen LogP) is 4.34. The lowest BCUT2D eigenvalue weighted by Crippen LogP contribution is -2.46. The molecule has 162 valence electrons. The molecule has 6 heteroatoms. The van der Waals surface area contributed by atoms with Crippen molar-refractivity contribution >= 4 is 17.6 Å². The molecule has 0 fully saturated rings. The zero-order valence-corrected chi connectivity index (χ0v) is 17.9. The Morgan fingerprint density at radius 2 is 1.35 bits per heavy atom. The Hall–Kier alpha value is -2.70. The molecular formula is C25H26ClNO4. The first kappa shape index (κ1) is 23.0. The summed E-state index contributed by atoms with van der Waals surface area (Å²) in [6.07, 6.45) is 0. The molecule has 0 spiro atoms. The number of rotatable bonds is 12. The highest BCUT2D eigenvalue weighted by molar-refractivity contribution is 6.31. The second-order valence-corrected chi connectivity index (χ2v) is 7.35. The molecule has 2 N–H and O–H groups in total. The highest BCUT2D eigenvalue weighted by atomic mass is 35.5. The molecule has 3 rings (SSSR count). The average Bonchev–Trinajstić information content (AvgIpc) is 2.80. The number of benzene rings is 3. The fourth-order valence-electron chi connectivity index (χ4n) is 3.61. The second kappa shape index (κ2) is 11.6. The number of ether oxygens (including phenoxy) is 2. The highest BCUT2D eigenvalue weighted by Crippen LogP contribution is 2.39. The minimum atomic E-state index is -0.989. The number of aliphatic carboxylic acids is 1. The molecule has 3 aromatic rings. The van der Waals surface area contributed by atoms with Crippen LogP contribution in [0.2, 0.25) is 5.02 Å². The van der Waals surface area contributed by atoms with E-state index in [9.17, 15) is 4.79 Å². The van der Waals surface area contributed by atoms with Crippen molar-refractivity contribution in [3.05, 3.63) is 107 Å². The normalized spacial score (nSPS) is 11.4. The van der Waals surface area contributed by atoms with Crippen molar-refractivity contribution in [3.8, 4) is 0 Å². The molecule has 0 saturated heterocycles. The van der Waals surface area contributed by atoms with Crippen molar-refractivity contribution in [1.82, 2.24) is 5.32 Å². The smallest absolute Gasteiger partial charge is 0.329 e. The SMILES string of the molecule is O=C(O)COCCOCCNC(c1ccccc1)(c1ccccc1)c1ccccc1Cl. The Balaban J connectivity index is 1.84. The summed E-state index contributed by atoms with van der Waals surface area (Å²) >= 11 is 6.70. The van der Waals surface area contributed by atoms with Crippen LogP contribution < -0.4 is 5.32 Å². The minimum Gasteiger partial charge on any atom is -0.480 e. The van der Waals surface area contributed by atoms with E-state index in [-0.39, 0.29) is 13.2 Å². The molecule has 0 heterocycles. The maximum absolute atomic E-state index is 10.5. The van der Waals surface area contributed by atoms with Crippen LogP contribution in [-0.2, 0) is 19.8 Å². The summed E-state index contributed by atoms with van der Waals surface area (Å²) in [5.41, 5.74) is 2.43. The molecule has 0 aliphatic carbocycles. The first-order valence-electron chi connectivity index (χ1n) is 10.1. The van der Waals surface area contributed by atoms with Crippen molar-refractivity contribution in [1.29, 1.82) is 0 Å². The van der Waals surface area contributed by atoms with Gasteiger partial charge in [-0.05, 0) is 22.8 Å². The zero-order valence-electron chi connectivity index (χ0n) is 17.2. The number of carbonyl (C=O) groups is 1. The van der Waals surface area contributed by atoms with Gasteiger partial charge in [-0.2, -0.15) is 0 Å². The average molecular weight is 440 g/mol. The Morgan fingerprint density at radius 3 is 1.94 bits per heavy atom. The van der Waals surface area contributed by atoms with E-state index >= 15 is 0 Å². The van der Waals surface area contributed by atoms with Crippen LogP contribution in [-0.4, -0.2) is 44.0 Å². The molecule has 0 atom stereocenters. The standard InChI is InChI=1S/C25H26ClNO4/c26-23-14-8-7-13-22(23)25(20-9-3-1-4-10-20,21-11-5-2-6-12-21)27-15-16-30-17-18-31-19-24(28)29/h1-14,27H,15-19H2,(H,28,29). The van der Waals surface area contributed by atoms with Gasteiger partial charge < -0.3 is 14.6 Å². The summed E-state index contributed by atoms with van der Waals surface area (Å²) in [7, 11) is 0. The van der Waals surface area contributed by atoms with Crippen molar-refractivity contribution in [2.45, 2.75) is 5.54 Å². The van der Waals surface area contributed by atoms with E-state index in [1.165, 1.54) is 0 Å². The molecule has 0 amide bonds. The zero-order chi connectivity index (χ0) is 21.9. The third kappa shape index (κ3) is 5.93. The summed E-state index contributed by atoms with van der Waals surface area (Å²) in [5.74, 6) is -0.989. The molecule has 0 radical (unpaired) electrons. The van der Waals surface area contributed by atoms with Gasteiger partial charge in [0.2, 0.25) is 0 Å². The molecule has 0 aromatic heterocycles. The topological polar surface area (TPSA) is 67.8 Å². The lowest BCUT2D eigenvalue weighted by atomic mass is 9.77. The van der Waals surface area contributed by atoms with Gasteiger partial charge >= 0.3 is 5.97 Å². The molecule has 0 aliphatic rings. The monoisotopic (exact) mass is 439 g/mol. The quantitative estimate of drug-likeness (QED) is 0.324. The molecule has 5 nitrogen and oxygen atoms in total. The highest BCUT2D eigenvalue weighted by Gasteiger charge is 2.37. The Labute approximate surface area is 187 Å². The number of nitrogens with one attached hydrogen (secondary N) is 1. The molecule has 0 aliphatic heterocycles. The number of hydrogen-bond acceptors (Lipinski definition) is 4. The molecular weight excluding hydrogens is 414 g/mol. The van der Waals surface area contributed by atoms with Gasteiger partial charge in [0.15, 0.2) is 0 Å². The van der Waals surface area contributed by atoms with Crippen molar-refractivity contribution < 1.29 is 19.4 Å². The van der Waals surface area contributed by atoms with Crippen molar-refractivity contribution in [2.75, 3.05) is 33.0 Å². The number of halogens is 1. The van der Waals surface area contributed by atoms with E-state index in [1.807, 2.05) is 60.7 Å². The van der Waals surface area contributed by atoms with Crippen LogP contribution in [0.3, 0.4) is 0 Å².